The Kier molecular flexibility index (Phi) is 5.61. The second-order valence-corrected chi connectivity index (χ2v) is 10.6. The lowest BCUT2D eigenvalue weighted by Gasteiger charge is -2.37. The molecular weight excluding hydrogens is 388 g/mol. The third-order valence-electron chi connectivity index (χ3n) is 8.25. The topological polar surface area (TPSA) is 56.3 Å². The Morgan fingerprint density at radius 2 is 1.87 bits per heavy atom. The lowest BCUT2D eigenvalue weighted by atomic mass is 9.77. The van der Waals surface area contributed by atoms with Gasteiger partial charge in [-0.1, -0.05) is 24.5 Å². The third-order valence-corrected chi connectivity index (χ3v) is 8.25. The molecule has 168 valence electrons. The van der Waals surface area contributed by atoms with E-state index < -0.39 is 0 Å². The zero-order chi connectivity index (χ0) is 20.6. The number of likely N-dealkylation sites (tertiary alicyclic amines) is 1. The van der Waals surface area contributed by atoms with Crippen molar-refractivity contribution in [3.05, 3.63) is 36.0 Å². The summed E-state index contributed by atoms with van der Waals surface area (Å²) in [5.41, 5.74) is 1.22. The highest BCUT2D eigenvalue weighted by atomic mass is 16.5. The molecule has 3 heterocycles. The van der Waals surface area contributed by atoms with Crippen LogP contribution in [0.3, 0.4) is 0 Å². The molecule has 0 N–H and O–H groups in total. The van der Waals surface area contributed by atoms with Crippen molar-refractivity contribution >= 4 is 0 Å². The van der Waals surface area contributed by atoms with Crippen LogP contribution in [-0.2, 0) is 11.3 Å². The maximum absolute atomic E-state index is 6.55. The molecule has 1 aliphatic heterocycles. The van der Waals surface area contributed by atoms with E-state index in [0.717, 1.165) is 56.7 Å². The summed E-state index contributed by atoms with van der Waals surface area (Å²) in [6.45, 7) is 4.17. The molecule has 6 nitrogen and oxygen atoms in total. The molecule has 3 aliphatic carbocycles. The van der Waals surface area contributed by atoms with Gasteiger partial charge in [0.05, 0.1) is 30.6 Å². The van der Waals surface area contributed by atoms with Gasteiger partial charge in [0.25, 0.3) is 0 Å². The van der Waals surface area contributed by atoms with Gasteiger partial charge >= 0.3 is 0 Å². The summed E-state index contributed by atoms with van der Waals surface area (Å²) in [4.78, 5) is 2.57. The maximum atomic E-state index is 6.55. The molecule has 2 aromatic rings. The van der Waals surface area contributed by atoms with Gasteiger partial charge in [0.2, 0.25) is 0 Å². The molecule has 3 saturated carbocycles. The molecule has 2 aromatic heterocycles. The SMILES string of the molecule is c1coc(CN2C[C@H]3C[C@@H](n4cc(C5CCCCC5)nn4)[C@H](OCC4CC4)C[C@H]3C2)c1. The molecule has 6 heteroatoms. The Bertz CT molecular complexity index is 840. The summed E-state index contributed by atoms with van der Waals surface area (Å²) in [5, 5.41) is 9.30. The first kappa shape index (κ1) is 20.0. The molecule has 4 aliphatic rings. The highest BCUT2D eigenvalue weighted by Crippen LogP contribution is 2.44. The fraction of sp³-hybridized carbons (Fsp3) is 0.760. The van der Waals surface area contributed by atoms with E-state index in [1.165, 1.54) is 50.6 Å². The molecule has 4 atom stereocenters. The van der Waals surface area contributed by atoms with Crippen LogP contribution in [0.1, 0.15) is 81.2 Å². The Morgan fingerprint density at radius 1 is 1.03 bits per heavy atom. The number of furan rings is 1. The van der Waals surface area contributed by atoms with Crippen LogP contribution in [0.2, 0.25) is 0 Å². The van der Waals surface area contributed by atoms with Crippen LogP contribution in [0, 0.1) is 17.8 Å². The van der Waals surface area contributed by atoms with E-state index in [-0.39, 0.29) is 6.10 Å². The zero-order valence-electron chi connectivity index (χ0n) is 18.6. The minimum absolute atomic E-state index is 0.270. The fourth-order valence-corrected chi connectivity index (χ4v) is 6.28. The summed E-state index contributed by atoms with van der Waals surface area (Å²) < 4.78 is 14.3. The van der Waals surface area contributed by atoms with E-state index in [4.69, 9.17) is 9.15 Å². The predicted octanol–water partition coefficient (Wildman–Crippen LogP) is 4.80. The number of nitrogens with zero attached hydrogens (tertiary/aromatic N) is 4. The monoisotopic (exact) mass is 424 g/mol. The van der Waals surface area contributed by atoms with Gasteiger partial charge in [-0.05, 0) is 68.4 Å². The van der Waals surface area contributed by atoms with Crippen molar-refractivity contribution in [1.29, 1.82) is 0 Å². The lowest BCUT2D eigenvalue weighted by molar-refractivity contribution is -0.0375. The maximum Gasteiger partial charge on any atom is 0.117 e. The lowest BCUT2D eigenvalue weighted by Crippen LogP contribution is -2.38. The molecule has 0 unspecified atom stereocenters. The summed E-state index contributed by atoms with van der Waals surface area (Å²) in [7, 11) is 0. The summed E-state index contributed by atoms with van der Waals surface area (Å²) in [6, 6.07) is 4.41. The first-order valence-corrected chi connectivity index (χ1v) is 12.6. The van der Waals surface area contributed by atoms with Crippen molar-refractivity contribution in [2.75, 3.05) is 19.7 Å². The van der Waals surface area contributed by atoms with Crippen molar-refractivity contribution < 1.29 is 9.15 Å². The van der Waals surface area contributed by atoms with Gasteiger partial charge in [-0.3, -0.25) is 4.90 Å². The molecule has 31 heavy (non-hydrogen) atoms. The quantitative estimate of drug-likeness (QED) is 0.639. The highest BCUT2D eigenvalue weighted by molar-refractivity contribution is 5.06. The standard InChI is InChI=1S/C25H36N4O2/c1-2-5-19(6-3-1)23-16-29(27-26-23)24-11-20-13-28(15-22-7-4-10-30-22)14-21(20)12-25(24)31-17-18-8-9-18/h4,7,10,16,18-21,24-25H,1-3,5-6,8-9,11-15,17H2/t20-,21+,24-,25-/m1/s1. The van der Waals surface area contributed by atoms with Gasteiger partial charge in [0, 0.05) is 31.8 Å². The van der Waals surface area contributed by atoms with Gasteiger partial charge in [-0.25, -0.2) is 4.68 Å². The van der Waals surface area contributed by atoms with Crippen molar-refractivity contribution in [3.8, 4) is 0 Å². The van der Waals surface area contributed by atoms with E-state index in [9.17, 15) is 0 Å². The number of hydrogen-bond donors (Lipinski definition) is 0. The average molecular weight is 425 g/mol. The first-order chi connectivity index (χ1) is 15.3. The second kappa shape index (κ2) is 8.70. The van der Waals surface area contributed by atoms with Crippen molar-refractivity contribution in [3.63, 3.8) is 0 Å². The summed E-state index contributed by atoms with van der Waals surface area (Å²) >= 11 is 0. The van der Waals surface area contributed by atoms with Gasteiger partial charge in [0.1, 0.15) is 5.76 Å². The van der Waals surface area contributed by atoms with Crippen LogP contribution in [-0.4, -0.2) is 45.7 Å². The Labute approximate surface area is 185 Å². The predicted molar refractivity (Wildman–Crippen MR) is 118 cm³/mol. The number of ether oxygens (including phenoxy) is 1. The van der Waals surface area contributed by atoms with Crippen molar-refractivity contribution in [2.45, 2.75) is 82.4 Å². The van der Waals surface area contributed by atoms with Crippen molar-refractivity contribution in [1.82, 2.24) is 19.9 Å². The second-order valence-electron chi connectivity index (χ2n) is 10.6. The average Bonchev–Trinajstić information content (AvgIpc) is 3.18. The van der Waals surface area contributed by atoms with Crippen LogP contribution < -0.4 is 0 Å². The zero-order valence-corrected chi connectivity index (χ0v) is 18.6. The fourth-order valence-electron chi connectivity index (χ4n) is 6.28. The van der Waals surface area contributed by atoms with E-state index in [2.05, 4.69) is 32.2 Å². The van der Waals surface area contributed by atoms with Gasteiger partial charge in [-0.15, -0.1) is 5.10 Å². The number of aromatic nitrogens is 3. The number of fused-ring (bicyclic) bond motifs is 1. The van der Waals surface area contributed by atoms with Crippen molar-refractivity contribution in [2.24, 2.45) is 17.8 Å². The molecule has 4 fully saturated rings. The van der Waals surface area contributed by atoms with Crippen LogP contribution in [0.15, 0.2) is 29.0 Å². The molecule has 0 spiro atoms. The molecule has 1 saturated heterocycles. The van der Waals surface area contributed by atoms with Gasteiger partial charge < -0.3 is 9.15 Å². The van der Waals surface area contributed by atoms with Crippen LogP contribution >= 0.6 is 0 Å². The van der Waals surface area contributed by atoms with E-state index >= 15 is 0 Å². The van der Waals surface area contributed by atoms with Gasteiger partial charge in [0.15, 0.2) is 0 Å². The number of rotatable bonds is 7. The normalized spacial score (nSPS) is 32.4. The summed E-state index contributed by atoms with van der Waals surface area (Å²) in [6.07, 6.45) is 15.9. The van der Waals surface area contributed by atoms with E-state index in [1.807, 2.05) is 6.07 Å². The minimum atomic E-state index is 0.270. The molecule has 0 radical (unpaired) electrons. The molecule has 0 bridgehead atoms. The van der Waals surface area contributed by atoms with Crippen LogP contribution in [0.25, 0.3) is 0 Å². The summed E-state index contributed by atoms with van der Waals surface area (Å²) in [5.74, 6) is 3.91. The van der Waals surface area contributed by atoms with E-state index in [0.29, 0.717) is 17.9 Å². The molecule has 6 rings (SSSR count). The Morgan fingerprint density at radius 3 is 2.65 bits per heavy atom. The number of hydrogen-bond acceptors (Lipinski definition) is 5. The Hall–Kier alpha value is -1.66. The molecule has 0 aromatic carbocycles. The first-order valence-electron chi connectivity index (χ1n) is 12.6. The Balaban J connectivity index is 1.17. The highest BCUT2D eigenvalue weighted by Gasteiger charge is 2.44. The third kappa shape index (κ3) is 4.47. The van der Waals surface area contributed by atoms with E-state index in [1.54, 1.807) is 6.26 Å². The smallest absolute Gasteiger partial charge is 0.117 e. The molecule has 0 amide bonds. The minimum Gasteiger partial charge on any atom is -0.468 e. The largest absolute Gasteiger partial charge is 0.468 e. The van der Waals surface area contributed by atoms with Crippen LogP contribution in [0.4, 0.5) is 0 Å². The van der Waals surface area contributed by atoms with Crippen LogP contribution in [0.5, 0.6) is 0 Å². The van der Waals surface area contributed by atoms with Gasteiger partial charge in [-0.2, -0.15) is 0 Å². The molecular formula is C25H36N4O2.